The van der Waals surface area contributed by atoms with Crippen LogP contribution in [-0.2, 0) is 4.79 Å². The Balaban J connectivity index is 2.23. The third-order valence-corrected chi connectivity index (χ3v) is 2.08. The monoisotopic (exact) mass is 213 g/mol. The summed E-state index contributed by atoms with van der Waals surface area (Å²) in [6.07, 6.45) is 1.75. The maximum absolute atomic E-state index is 10.7. The summed E-state index contributed by atoms with van der Waals surface area (Å²) in [7, 11) is 0. The molecule has 1 aromatic carbocycles. The number of pyridine rings is 1. The summed E-state index contributed by atoms with van der Waals surface area (Å²) in [4.78, 5) is 15.0. The second-order valence-corrected chi connectivity index (χ2v) is 3.33. The first kappa shape index (κ1) is 10.4. The third kappa shape index (κ3) is 2.45. The molecular weight excluding hydrogens is 202 g/mol. The Labute approximate surface area is 93.7 Å². The molecule has 0 fully saturated rings. The van der Waals surface area contributed by atoms with Crippen molar-refractivity contribution in [3.63, 3.8) is 0 Å². The highest BCUT2D eigenvalue weighted by Gasteiger charge is 2.00. The second-order valence-electron chi connectivity index (χ2n) is 3.33. The fraction of sp³-hybridized carbons (Fsp3) is 0.0769. The molecule has 0 bridgehead atoms. The van der Waals surface area contributed by atoms with E-state index in [2.05, 4.69) is 4.98 Å². The van der Waals surface area contributed by atoms with E-state index in [1.54, 1.807) is 18.3 Å². The van der Waals surface area contributed by atoms with Crippen molar-refractivity contribution in [2.45, 2.75) is 6.92 Å². The van der Waals surface area contributed by atoms with E-state index in [0.717, 1.165) is 11.3 Å². The van der Waals surface area contributed by atoms with Crippen molar-refractivity contribution < 1.29 is 9.53 Å². The van der Waals surface area contributed by atoms with E-state index in [1.165, 1.54) is 6.92 Å². The Bertz CT molecular complexity index is 477. The van der Waals surface area contributed by atoms with Crippen LogP contribution in [0.3, 0.4) is 0 Å². The molecule has 0 radical (unpaired) electrons. The zero-order chi connectivity index (χ0) is 11.4. The Morgan fingerprint density at radius 1 is 1.12 bits per heavy atom. The van der Waals surface area contributed by atoms with Gasteiger partial charge < -0.3 is 4.74 Å². The van der Waals surface area contributed by atoms with Gasteiger partial charge >= 0.3 is 5.97 Å². The average molecular weight is 213 g/mol. The third-order valence-electron chi connectivity index (χ3n) is 2.08. The molecule has 3 heteroatoms. The van der Waals surface area contributed by atoms with Crippen LogP contribution >= 0.6 is 0 Å². The minimum absolute atomic E-state index is 0.314. The lowest BCUT2D eigenvalue weighted by Gasteiger charge is -2.03. The fourth-order valence-electron chi connectivity index (χ4n) is 1.39. The number of hydrogen-bond donors (Lipinski definition) is 0. The number of ether oxygens (including phenoxy) is 1. The Morgan fingerprint density at radius 2 is 1.88 bits per heavy atom. The van der Waals surface area contributed by atoms with Gasteiger partial charge in [0.05, 0.1) is 5.69 Å². The number of hydrogen-bond acceptors (Lipinski definition) is 3. The summed E-state index contributed by atoms with van der Waals surface area (Å²) in [5.74, 6) is 0.234. The van der Waals surface area contributed by atoms with E-state index in [1.807, 2.05) is 30.3 Å². The number of carbonyl (C=O) groups is 1. The molecule has 0 saturated heterocycles. The minimum atomic E-state index is -0.314. The molecule has 80 valence electrons. The van der Waals surface area contributed by atoms with Crippen LogP contribution in [0.15, 0.2) is 48.7 Å². The predicted octanol–water partition coefficient (Wildman–Crippen LogP) is 2.67. The van der Waals surface area contributed by atoms with E-state index < -0.39 is 0 Å². The predicted molar refractivity (Wildman–Crippen MR) is 61.0 cm³/mol. The SMILES string of the molecule is CC(=O)Oc1ccc(-c2ccccn2)cc1. The summed E-state index contributed by atoms with van der Waals surface area (Å²) >= 11 is 0. The van der Waals surface area contributed by atoms with Crippen molar-refractivity contribution in [1.29, 1.82) is 0 Å². The van der Waals surface area contributed by atoms with Crippen LogP contribution in [0.2, 0.25) is 0 Å². The zero-order valence-corrected chi connectivity index (χ0v) is 8.88. The van der Waals surface area contributed by atoms with Crippen molar-refractivity contribution in [2.24, 2.45) is 0 Å². The minimum Gasteiger partial charge on any atom is -0.427 e. The van der Waals surface area contributed by atoms with Crippen molar-refractivity contribution in [1.82, 2.24) is 4.98 Å². The van der Waals surface area contributed by atoms with Crippen LogP contribution < -0.4 is 4.74 Å². The summed E-state index contributed by atoms with van der Waals surface area (Å²) in [6.45, 7) is 1.38. The maximum atomic E-state index is 10.7. The molecule has 0 unspecified atom stereocenters. The summed E-state index contributed by atoms with van der Waals surface area (Å²) in [5, 5.41) is 0. The van der Waals surface area contributed by atoms with Crippen molar-refractivity contribution in [2.75, 3.05) is 0 Å². The van der Waals surface area contributed by atoms with Crippen LogP contribution in [0, 0.1) is 0 Å². The summed E-state index contributed by atoms with van der Waals surface area (Å²) in [5.41, 5.74) is 1.90. The van der Waals surface area contributed by atoms with E-state index in [9.17, 15) is 4.79 Å². The van der Waals surface area contributed by atoms with Gasteiger partial charge in [-0.2, -0.15) is 0 Å². The summed E-state index contributed by atoms with van der Waals surface area (Å²) in [6, 6.07) is 13.0. The number of rotatable bonds is 2. The first-order valence-electron chi connectivity index (χ1n) is 4.95. The molecule has 0 aliphatic heterocycles. The largest absolute Gasteiger partial charge is 0.427 e. The number of aromatic nitrogens is 1. The normalized spacial score (nSPS) is 9.81. The highest BCUT2D eigenvalue weighted by Crippen LogP contribution is 2.20. The molecule has 0 aliphatic rings. The average Bonchev–Trinajstić information content (AvgIpc) is 2.30. The number of esters is 1. The molecule has 16 heavy (non-hydrogen) atoms. The molecule has 0 aliphatic carbocycles. The zero-order valence-electron chi connectivity index (χ0n) is 8.88. The molecule has 0 amide bonds. The lowest BCUT2D eigenvalue weighted by Crippen LogP contribution is -2.00. The Hall–Kier alpha value is -2.16. The Morgan fingerprint density at radius 3 is 2.44 bits per heavy atom. The topological polar surface area (TPSA) is 39.2 Å². The van der Waals surface area contributed by atoms with Gasteiger partial charge in [-0.25, -0.2) is 0 Å². The first-order chi connectivity index (χ1) is 7.75. The van der Waals surface area contributed by atoms with Gasteiger partial charge in [-0.05, 0) is 36.4 Å². The fourth-order valence-corrected chi connectivity index (χ4v) is 1.39. The smallest absolute Gasteiger partial charge is 0.308 e. The molecule has 0 atom stereocenters. The van der Waals surface area contributed by atoms with Gasteiger partial charge in [0.25, 0.3) is 0 Å². The van der Waals surface area contributed by atoms with Crippen LogP contribution in [0.1, 0.15) is 6.92 Å². The van der Waals surface area contributed by atoms with Gasteiger partial charge in [0.15, 0.2) is 0 Å². The van der Waals surface area contributed by atoms with Crippen molar-refractivity contribution in [3.8, 4) is 17.0 Å². The summed E-state index contributed by atoms with van der Waals surface area (Å²) < 4.78 is 4.95. The number of benzene rings is 1. The highest BCUT2D eigenvalue weighted by atomic mass is 16.5. The Kier molecular flexibility index (Phi) is 2.96. The van der Waals surface area contributed by atoms with E-state index in [4.69, 9.17) is 4.74 Å². The quantitative estimate of drug-likeness (QED) is 0.568. The van der Waals surface area contributed by atoms with Crippen LogP contribution in [0.4, 0.5) is 0 Å². The number of carbonyl (C=O) groups excluding carboxylic acids is 1. The molecule has 2 aromatic rings. The van der Waals surface area contributed by atoms with Crippen LogP contribution in [-0.4, -0.2) is 11.0 Å². The lowest BCUT2D eigenvalue weighted by atomic mass is 10.1. The van der Waals surface area contributed by atoms with Gasteiger partial charge in [-0.15, -0.1) is 0 Å². The molecular formula is C13H11NO2. The molecule has 2 rings (SSSR count). The van der Waals surface area contributed by atoms with Gasteiger partial charge in [-0.3, -0.25) is 9.78 Å². The van der Waals surface area contributed by atoms with Crippen LogP contribution in [0.25, 0.3) is 11.3 Å². The molecule has 0 spiro atoms. The van der Waals surface area contributed by atoms with Crippen LogP contribution in [0.5, 0.6) is 5.75 Å². The maximum Gasteiger partial charge on any atom is 0.308 e. The van der Waals surface area contributed by atoms with E-state index >= 15 is 0 Å². The molecule has 3 nitrogen and oxygen atoms in total. The van der Waals surface area contributed by atoms with E-state index in [-0.39, 0.29) is 5.97 Å². The van der Waals surface area contributed by atoms with Gasteiger partial charge in [0.1, 0.15) is 5.75 Å². The van der Waals surface area contributed by atoms with Gasteiger partial charge in [0, 0.05) is 18.7 Å². The standard InChI is InChI=1S/C13H11NO2/c1-10(15)16-12-7-5-11(6-8-12)13-4-2-3-9-14-13/h2-9H,1H3. The molecule has 0 saturated carbocycles. The van der Waals surface area contributed by atoms with Crippen molar-refractivity contribution >= 4 is 5.97 Å². The number of nitrogens with zero attached hydrogens (tertiary/aromatic N) is 1. The molecule has 1 aromatic heterocycles. The second kappa shape index (κ2) is 4.57. The molecule has 1 heterocycles. The van der Waals surface area contributed by atoms with Gasteiger partial charge in [0.2, 0.25) is 0 Å². The van der Waals surface area contributed by atoms with Crippen molar-refractivity contribution in [3.05, 3.63) is 48.7 Å². The van der Waals surface area contributed by atoms with Gasteiger partial charge in [-0.1, -0.05) is 6.07 Å². The first-order valence-corrected chi connectivity index (χ1v) is 4.95. The van der Waals surface area contributed by atoms with E-state index in [0.29, 0.717) is 5.75 Å². The molecule has 0 N–H and O–H groups in total. The highest BCUT2D eigenvalue weighted by molar-refractivity contribution is 5.70. The lowest BCUT2D eigenvalue weighted by molar-refractivity contribution is -0.131.